The van der Waals surface area contributed by atoms with Gasteiger partial charge in [-0.1, -0.05) is 42.5 Å². The van der Waals surface area contributed by atoms with Crippen LogP contribution in [0, 0.1) is 5.82 Å². The van der Waals surface area contributed by atoms with Gasteiger partial charge < -0.3 is 5.32 Å². The number of nitrogens with zero attached hydrogens (tertiary/aromatic N) is 1. The molecule has 0 aromatic heterocycles. The molecule has 1 atom stereocenters. The number of amides is 1. The summed E-state index contributed by atoms with van der Waals surface area (Å²) in [4.78, 5) is 13.0. The lowest BCUT2D eigenvalue weighted by Gasteiger charge is -2.19. The molecule has 3 aromatic carbocycles. The molecule has 0 radical (unpaired) electrons. The molecule has 0 bridgehead atoms. The van der Waals surface area contributed by atoms with E-state index in [4.69, 9.17) is 0 Å². The highest BCUT2D eigenvalue weighted by atomic mass is 32.2. The Morgan fingerprint density at radius 3 is 1.97 bits per heavy atom. The van der Waals surface area contributed by atoms with Crippen LogP contribution in [0.1, 0.15) is 11.1 Å². The summed E-state index contributed by atoms with van der Waals surface area (Å²) in [6.45, 7) is 0.0602. The Labute approximate surface area is 204 Å². The van der Waals surface area contributed by atoms with Crippen LogP contribution in [0.25, 0.3) is 0 Å². The topological polar surface area (TPSA) is 113 Å². The standard InChI is InChI=1S/C24H26FN3O5S2/c1-28(2)35(32,33)22-12-8-19(9-13-22)17-26-24(29)23(16-18-6-4-3-5-7-18)27-34(30,31)21-14-10-20(25)11-15-21/h3-15,23,27H,16-17H2,1-2H3,(H,26,29)/t23-/m0/s1. The van der Waals surface area contributed by atoms with Crippen molar-refractivity contribution in [3.63, 3.8) is 0 Å². The monoisotopic (exact) mass is 519 g/mol. The largest absolute Gasteiger partial charge is 0.351 e. The van der Waals surface area contributed by atoms with Crippen molar-refractivity contribution in [2.75, 3.05) is 14.1 Å². The third-order valence-corrected chi connectivity index (χ3v) is 8.51. The number of hydrogen-bond donors (Lipinski definition) is 2. The minimum absolute atomic E-state index is 0.0602. The first-order valence-corrected chi connectivity index (χ1v) is 13.5. The molecule has 3 rings (SSSR count). The molecule has 0 aliphatic carbocycles. The third-order valence-electron chi connectivity index (χ3n) is 5.19. The first-order valence-electron chi connectivity index (χ1n) is 10.6. The first-order chi connectivity index (χ1) is 16.5. The average Bonchev–Trinajstić information content (AvgIpc) is 2.83. The van der Waals surface area contributed by atoms with Gasteiger partial charge in [-0.2, -0.15) is 4.72 Å². The second-order valence-corrected chi connectivity index (χ2v) is 11.8. The molecule has 1 amide bonds. The molecule has 0 heterocycles. The van der Waals surface area contributed by atoms with E-state index >= 15 is 0 Å². The van der Waals surface area contributed by atoms with E-state index in [1.54, 1.807) is 42.5 Å². The summed E-state index contributed by atoms with van der Waals surface area (Å²) >= 11 is 0. The molecule has 2 N–H and O–H groups in total. The van der Waals surface area contributed by atoms with Crippen molar-refractivity contribution in [3.05, 3.63) is 95.8 Å². The molecule has 0 unspecified atom stereocenters. The van der Waals surface area contributed by atoms with Crippen molar-refractivity contribution < 1.29 is 26.0 Å². The fraction of sp³-hybridized carbons (Fsp3) is 0.208. The lowest BCUT2D eigenvalue weighted by atomic mass is 10.1. The van der Waals surface area contributed by atoms with Crippen molar-refractivity contribution in [2.24, 2.45) is 0 Å². The Morgan fingerprint density at radius 2 is 1.40 bits per heavy atom. The fourth-order valence-corrected chi connectivity index (χ4v) is 5.31. The Morgan fingerprint density at radius 1 is 0.829 bits per heavy atom. The predicted octanol–water partition coefficient (Wildman–Crippen LogP) is 2.28. The molecule has 0 aliphatic heterocycles. The Hall–Kier alpha value is -3.12. The van der Waals surface area contributed by atoms with Gasteiger partial charge in [0.25, 0.3) is 0 Å². The van der Waals surface area contributed by atoms with Crippen LogP contribution >= 0.6 is 0 Å². The summed E-state index contributed by atoms with van der Waals surface area (Å²) < 4.78 is 66.8. The minimum Gasteiger partial charge on any atom is -0.351 e. The smallest absolute Gasteiger partial charge is 0.242 e. The van der Waals surface area contributed by atoms with E-state index in [2.05, 4.69) is 10.0 Å². The van der Waals surface area contributed by atoms with Gasteiger partial charge in [0.15, 0.2) is 0 Å². The predicted molar refractivity (Wildman–Crippen MR) is 130 cm³/mol. The molecule has 35 heavy (non-hydrogen) atoms. The van der Waals surface area contributed by atoms with Gasteiger partial charge in [0.1, 0.15) is 11.9 Å². The average molecular weight is 520 g/mol. The second kappa shape index (κ2) is 11.1. The van der Waals surface area contributed by atoms with Gasteiger partial charge >= 0.3 is 0 Å². The molecule has 0 saturated carbocycles. The maximum Gasteiger partial charge on any atom is 0.242 e. The molecule has 8 nitrogen and oxygen atoms in total. The second-order valence-electron chi connectivity index (χ2n) is 7.97. The van der Waals surface area contributed by atoms with E-state index in [1.165, 1.54) is 26.2 Å². The van der Waals surface area contributed by atoms with Crippen molar-refractivity contribution >= 4 is 26.0 Å². The summed E-state index contributed by atoms with van der Waals surface area (Å²) in [5.41, 5.74) is 1.38. The van der Waals surface area contributed by atoms with Crippen molar-refractivity contribution in [1.29, 1.82) is 0 Å². The van der Waals surface area contributed by atoms with Gasteiger partial charge in [-0.05, 0) is 53.9 Å². The number of halogens is 1. The molecule has 3 aromatic rings. The van der Waals surface area contributed by atoms with Crippen LogP contribution in [-0.2, 0) is 37.8 Å². The van der Waals surface area contributed by atoms with Gasteiger partial charge in [0.05, 0.1) is 9.79 Å². The van der Waals surface area contributed by atoms with Crippen LogP contribution in [-0.4, -0.2) is 47.2 Å². The van der Waals surface area contributed by atoms with E-state index < -0.39 is 37.8 Å². The van der Waals surface area contributed by atoms with E-state index in [1.807, 2.05) is 0 Å². The number of carbonyl (C=O) groups excluding carboxylic acids is 1. The van der Waals surface area contributed by atoms with Crippen LogP contribution < -0.4 is 10.0 Å². The number of hydrogen-bond acceptors (Lipinski definition) is 5. The lowest BCUT2D eigenvalue weighted by molar-refractivity contribution is -0.122. The van der Waals surface area contributed by atoms with E-state index in [0.717, 1.165) is 34.1 Å². The number of carbonyl (C=O) groups is 1. The van der Waals surface area contributed by atoms with Crippen molar-refractivity contribution in [1.82, 2.24) is 14.3 Å². The molecule has 0 spiro atoms. The quantitative estimate of drug-likeness (QED) is 0.427. The zero-order chi connectivity index (χ0) is 25.6. The molecule has 0 fully saturated rings. The van der Waals surface area contributed by atoms with Gasteiger partial charge in [-0.15, -0.1) is 0 Å². The van der Waals surface area contributed by atoms with Crippen molar-refractivity contribution in [3.8, 4) is 0 Å². The molecule has 0 saturated heterocycles. The van der Waals surface area contributed by atoms with E-state index in [-0.39, 0.29) is 22.8 Å². The fourth-order valence-electron chi connectivity index (χ4n) is 3.21. The number of benzene rings is 3. The van der Waals surface area contributed by atoms with Crippen LogP contribution in [0.15, 0.2) is 88.7 Å². The zero-order valence-electron chi connectivity index (χ0n) is 19.2. The number of nitrogens with one attached hydrogen (secondary N) is 2. The van der Waals surface area contributed by atoms with Crippen molar-refractivity contribution in [2.45, 2.75) is 28.8 Å². The highest BCUT2D eigenvalue weighted by molar-refractivity contribution is 7.89. The summed E-state index contributed by atoms with van der Waals surface area (Å²) in [6, 6.07) is 18.1. The SMILES string of the molecule is CN(C)S(=O)(=O)c1ccc(CNC(=O)[C@H](Cc2ccccc2)NS(=O)(=O)c2ccc(F)cc2)cc1. The summed E-state index contributed by atoms with van der Waals surface area (Å²) in [5, 5.41) is 2.70. The molecular weight excluding hydrogens is 493 g/mol. The summed E-state index contributed by atoms with van der Waals surface area (Å²) in [5.74, 6) is -1.14. The molecular formula is C24H26FN3O5S2. The highest BCUT2D eigenvalue weighted by Crippen LogP contribution is 2.15. The van der Waals surface area contributed by atoms with Gasteiger partial charge in [-0.3, -0.25) is 4.79 Å². The first kappa shape index (κ1) is 26.5. The lowest BCUT2D eigenvalue weighted by Crippen LogP contribution is -2.47. The van der Waals surface area contributed by atoms with E-state index in [0.29, 0.717) is 5.56 Å². The summed E-state index contributed by atoms with van der Waals surface area (Å²) in [6.07, 6.45) is 0.0904. The maximum absolute atomic E-state index is 13.2. The highest BCUT2D eigenvalue weighted by Gasteiger charge is 2.26. The maximum atomic E-state index is 13.2. The van der Waals surface area contributed by atoms with Gasteiger partial charge in [0.2, 0.25) is 26.0 Å². The minimum atomic E-state index is -4.10. The normalized spacial score (nSPS) is 12.9. The molecule has 186 valence electrons. The Bertz CT molecular complexity index is 1360. The molecule has 0 aliphatic rings. The summed E-state index contributed by atoms with van der Waals surface area (Å²) in [7, 11) is -4.81. The van der Waals surface area contributed by atoms with Crippen LogP contribution in [0.3, 0.4) is 0 Å². The van der Waals surface area contributed by atoms with Gasteiger partial charge in [-0.25, -0.2) is 25.5 Å². The number of rotatable bonds is 10. The Kier molecular flexibility index (Phi) is 8.39. The number of sulfonamides is 2. The van der Waals surface area contributed by atoms with Crippen LogP contribution in [0.5, 0.6) is 0 Å². The van der Waals surface area contributed by atoms with Crippen LogP contribution in [0.4, 0.5) is 4.39 Å². The third kappa shape index (κ3) is 6.95. The van der Waals surface area contributed by atoms with E-state index in [9.17, 15) is 26.0 Å². The molecule has 11 heteroatoms. The Balaban J connectivity index is 1.76. The van der Waals surface area contributed by atoms with Crippen LogP contribution in [0.2, 0.25) is 0 Å². The van der Waals surface area contributed by atoms with Gasteiger partial charge in [0, 0.05) is 20.6 Å². The zero-order valence-corrected chi connectivity index (χ0v) is 20.8.